The number of methoxy groups -OCH3 is 1. The number of phenolic OH excluding ortho intramolecular Hbond substituents is 1. The Bertz CT molecular complexity index is 1230. The minimum atomic E-state index is -0.681. The molecule has 0 radical (unpaired) electrons. The third-order valence-electron chi connectivity index (χ3n) is 5.90. The van der Waals surface area contributed by atoms with Gasteiger partial charge in [-0.2, -0.15) is 5.26 Å². The van der Waals surface area contributed by atoms with Crippen LogP contribution in [0, 0.1) is 16.7 Å². The van der Waals surface area contributed by atoms with Gasteiger partial charge in [0.15, 0.2) is 22.4 Å². The lowest BCUT2D eigenvalue weighted by atomic mass is 9.68. The van der Waals surface area contributed by atoms with Crippen LogP contribution in [-0.2, 0) is 4.79 Å². The maximum absolute atomic E-state index is 13.5. The van der Waals surface area contributed by atoms with E-state index in [1.165, 1.54) is 13.2 Å². The molecule has 0 saturated carbocycles. The maximum atomic E-state index is 13.5. The van der Waals surface area contributed by atoms with Crippen LogP contribution in [0.15, 0.2) is 59.2 Å². The number of nitriles is 1. The van der Waals surface area contributed by atoms with Gasteiger partial charge < -0.3 is 15.6 Å². The van der Waals surface area contributed by atoms with Gasteiger partial charge >= 0.3 is 0 Å². The molecule has 164 valence electrons. The van der Waals surface area contributed by atoms with Gasteiger partial charge in [0.05, 0.1) is 30.4 Å². The minimum absolute atomic E-state index is 0.0309. The molecule has 1 unspecified atom stereocenters. The Balaban J connectivity index is 2.02. The van der Waals surface area contributed by atoms with E-state index >= 15 is 0 Å². The predicted molar refractivity (Wildman–Crippen MR) is 121 cm³/mol. The molecule has 0 spiro atoms. The van der Waals surface area contributed by atoms with Crippen molar-refractivity contribution in [1.82, 2.24) is 4.98 Å². The van der Waals surface area contributed by atoms with Crippen molar-refractivity contribution in [2.24, 2.45) is 11.1 Å². The number of carbonyl (C=O) groups is 1. The van der Waals surface area contributed by atoms with Gasteiger partial charge in [0.2, 0.25) is 0 Å². The highest BCUT2D eigenvalue weighted by Gasteiger charge is 2.45. The van der Waals surface area contributed by atoms with Crippen molar-refractivity contribution in [1.29, 1.82) is 5.26 Å². The number of ether oxygens (including phenoxy) is 1. The number of nitrogens with zero attached hydrogens (tertiary/aromatic N) is 3. The van der Waals surface area contributed by atoms with E-state index in [2.05, 4.69) is 11.1 Å². The molecule has 4 rings (SSSR count). The van der Waals surface area contributed by atoms with Crippen molar-refractivity contribution in [2.75, 3.05) is 12.0 Å². The van der Waals surface area contributed by atoms with Gasteiger partial charge in [-0.05, 0) is 41.7 Å². The van der Waals surface area contributed by atoms with E-state index in [9.17, 15) is 15.2 Å². The fraction of sp³-hybridized carbons (Fsp3) is 0.292. The standard InChI is InChI=1S/C24H23ClN4O3/c1-24(2)10-16-21(18(31)11-24)20(13-6-7-17(30)19(9-13)32-3)14(12-26)23(27)29(16)15-5-4-8-28-22(15)25/h4-9,20,30H,10-11,27H2,1-3H3. The van der Waals surface area contributed by atoms with Crippen LogP contribution in [0.2, 0.25) is 5.15 Å². The first-order chi connectivity index (χ1) is 15.2. The molecule has 0 fully saturated rings. The van der Waals surface area contributed by atoms with Crippen molar-refractivity contribution in [3.63, 3.8) is 0 Å². The summed E-state index contributed by atoms with van der Waals surface area (Å²) in [6.45, 7) is 4.05. The number of aromatic hydroxyl groups is 1. The first kappa shape index (κ1) is 21.7. The number of Topliss-reactive ketones (excluding diaryl/α,β-unsaturated/α-hetero) is 1. The smallest absolute Gasteiger partial charge is 0.162 e. The van der Waals surface area contributed by atoms with E-state index in [1.54, 1.807) is 35.4 Å². The van der Waals surface area contributed by atoms with Crippen LogP contribution in [0.5, 0.6) is 11.5 Å². The number of phenols is 1. The number of carbonyl (C=O) groups excluding carboxylic acids is 1. The Hall–Kier alpha value is -3.50. The summed E-state index contributed by atoms with van der Waals surface area (Å²) >= 11 is 6.40. The molecule has 1 atom stereocenters. The summed E-state index contributed by atoms with van der Waals surface area (Å²) in [6.07, 6.45) is 2.47. The van der Waals surface area contributed by atoms with E-state index in [0.29, 0.717) is 35.4 Å². The lowest BCUT2D eigenvalue weighted by Gasteiger charge is -2.43. The number of rotatable bonds is 3. The maximum Gasteiger partial charge on any atom is 0.162 e. The molecular weight excluding hydrogens is 428 g/mol. The summed E-state index contributed by atoms with van der Waals surface area (Å²) in [4.78, 5) is 19.3. The molecule has 1 aliphatic heterocycles. The Kier molecular flexibility index (Phi) is 5.35. The molecule has 0 saturated heterocycles. The second-order valence-electron chi connectivity index (χ2n) is 8.73. The van der Waals surface area contributed by atoms with Crippen LogP contribution in [0.25, 0.3) is 0 Å². The zero-order valence-electron chi connectivity index (χ0n) is 18.0. The number of pyridine rings is 1. The quantitative estimate of drug-likeness (QED) is 0.666. The number of hydrogen-bond donors (Lipinski definition) is 2. The third-order valence-corrected chi connectivity index (χ3v) is 6.19. The zero-order valence-corrected chi connectivity index (χ0v) is 18.8. The van der Waals surface area contributed by atoms with Gasteiger partial charge in [0.1, 0.15) is 5.82 Å². The molecule has 2 aliphatic rings. The largest absolute Gasteiger partial charge is 0.504 e. The molecule has 1 aromatic carbocycles. The molecule has 7 nitrogen and oxygen atoms in total. The van der Waals surface area contributed by atoms with Crippen molar-refractivity contribution >= 4 is 23.1 Å². The average molecular weight is 451 g/mol. The molecule has 32 heavy (non-hydrogen) atoms. The van der Waals surface area contributed by atoms with Crippen LogP contribution in [0.1, 0.15) is 38.2 Å². The Morgan fingerprint density at radius 3 is 2.75 bits per heavy atom. The highest BCUT2D eigenvalue weighted by atomic mass is 35.5. The van der Waals surface area contributed by atoms with Gasteiger partial charge in [0.25, 0.3) is 0 Å². The fourth-order valence-corrected chi connectivity index (χ4v) is 4.74. The number of hydrogen-bond acceptors (Lipinski definition) is 7. The summed E-state index contributed by atoms with van der Waals surface area (Å²) in [6, 6.07) is 10.5. The molecule has 2 heterocycles. The summed E-state index contributed by atoms with van der Waals surface area (Å²) in [5, 5.41) is 20.4. The van der Waals surface area contributed by atoms with Gasteiger partial charge in [-0.15, -0.1) is 0 Å². The first-order valence-electron chi connectivity index (χ1n) is 10.1. The number of benzene rings is 1. The third kappa shape index (κ3) is 3.47. The van der Waals surface area contributed by atoms with Gasteiger partial charge in [-0.1, -0.05) is 31.5 Å². The molecule has 1 aromatic heterocycles. The Labute approximate surface area is 191 Å². The topological polar surface area (TPSA) is 112 Å². The van der Waals surface area contributed by atoms with Crippen molar-refractivity contribution in [3.8, 4) is 17.6 Å². The summed E-state index contributed by atoms with van der Waals surface area (Å²) in [5.74, 6) is -0.319. The van der Waals surface area contributed by atoms with E-state index < -0.39 is 5.92 Å². The lowest BCUT2D eigenvalue weighted by Crippen LogP contribution is -2.42. The first-order valence-corrected chi connectivity index (χ1v) is 10.5. The summed E-state index contributed by atoms with van der Waals surface area (Å²) in [5.41, 5.74) is 8.85. The van der Waals surface area contributed by atoms with Crippen LogP contribution in [-0.4, -0.2) is 23.0 Å². The van der Waals surface area contributed by atoms with Gasteiger partial charge in [-0.3, -0.25) is 9.69 Å². The van der Waals surface area contributed by atoms with Crippen LogP contribution >= 0.6 is 11.6 Å². The predicted octanol–water partition coefficient (Wildman–Crippen LogP) is 4.39. The molecule has 3 N–H and O–H groups in total. The zero-order chi connectivity index (χ0) is 23.2. The fourth-order valence-electron chi connectivity index (χ4n) is 4.54. The molecule has 0 amide bonds. The van der Waals surface area contributed by atoms with Gasteiger partial charge in [0, 0.05) is 23.9 Å². The van der Waals surface area contributed by atoms with Crippen LogP contribution in [0.3, 0.4) is 0 Å². The molecule has 0 bridgehead atoms. The normalized spacial score (nSPS) is 20.2. The van der Waals surface area contributed by atoms with E-state index in [-0.39, 0.29) is 39.2 Å². The second kappa shape index (κ2) is 7.88. The van der Waals surface area contributed by atoms with Crippen molar-refractivity contribution in [2.45, 2.75) is 32.6 Å². The molecule has 2 aromatic rings. The number of halogens is 1. The SMILES string of the molecule is COc1cc(C2C(C#N)=C(N)N(c3cccnc3Cl)C3=C2C(=O)CC(C)(C)C3)ccc1O. The Morgan fingerprint density at radius 2 is 2.09 bits per heavy atom. The molecule has 8 heteroatoms. The number of ketones is 1. The van der Waals surface area contributed by atoms with Gasteiger partial charge in [-0.25, -0.2) is 4.98 Å². The number of aromatic nitrogens is 1. The van der Waals surface area contributed by atoms with E-state index in [4.69, 9.17) is 22.1 Å². The summed E-state index contributed by atoms with van der Waals surface area (Å²) in [7, 11) is 1.44. The lowest BCUT2D eigenvalue weighted by molar-refractivity contribution is -0.118. The van der Waals surface area contributed by atoms with Crippen LogP contribution in [0.4, 0.5) is 5.69 Å². The number of anilines is 1. The monoisotopic (exact) mass is 450 g/mol. The van der Waals surface area contributed by atoms with E-state index in [1.807, 2.05) is 13.8 Å². The highest BCUT2D eigenvalue weighted by Crippen LogP contribution is 2.51. The van der Waals surface area contributed by atoms with Crippen molar-refractivity contribution in [3.05, 3.63) is 69.9 Å². The van der Waals surface area contributed by atoms with Crippen LogP contribution < -0.4 is 15.4 Å². The summed E-state index contributed by atoms with van der Waals surface area (Å²) < 4.78 is 5.26. The molecular formula is C24H23ClN4O3. The average Bonchev–Trinajstić information content (AvgIpc) is 2.73. The van der Waals surface area contributed by atoms with Crippen molar-refractivity contribution < 1.29 is 14.6 Å². The second-order valence-corrected chi connectivity index (χ2v) is 9.08. The number of nitrogens with two attached hydrogens (primary N) is 1. The van der Waals surface area contributed by atoms with E-state index in [0.717, 1.165) is 0 Å². The number of allylic oxidation sites excluding steroid dienone is 3. The minimum Gasteiger partial charge on any atom is -0.504 e. The highest BCUT2D eigenvalue weighted by molar-refractivity contribution is 6.32. The Morgan fingerprint density at radius 1 is 1.34 bits per heavy atom. The molecule has 1 aliphatic carbocycles.